The Labute approximate surface area is 99.0 Å². The Kier molecular flexibility index (Phi) is 3.89. The number of ether oxygens (including phenoxy) is 1. The highest BCUT2D eigenvalue weighted by Gasteiger charge is 2.17. The molecule has 6 nitrogen and oxygen atoms in total. The molecule has 92 valence electrons. The lowest BCUT2D eigenvalue weighted by Gasteiger charge is -2.23. The van der Waals surface area contributed by atoms with Crippen LogP contribution >= 0.6 is 0 Å². The van der Waals surface area contributed by atoms with Gasteiger partial charge in [-0.3, -0.25) is 4.79 Å². The van der Waals surface area contributed by atoms with Crippen LogP contribution in [0.5, 0.6) is 5.75 Å². The van der Waals surface area contributed by atoms with Gasteiger partial charge in [-0.15, -0.1) is 0 Å². The minimum absolute atomic E-state index is 0.0228. The van der Waals surface area contributed by atoms with Crippen molar-refractivity contribution in [1.29, 1.82) is 0 Å². The minimum Gasteiger partial charge on any atom is -0.504 e. The number of nitrogens with one attached hydrogen (secondary N) is 2. The summed E-state index contributed by atoms with van der Waals surface area (Å²) < 4.78 is 5.25. The second-order valence-corrected chi connectivity index (χ2v) is 3.85. The zero-order chi connectivity index (χ0) is 12.1. The van der Waals surface area contributed by atoms with Crippen LogP contribution in [0.2, 0.25) is 0 Å². The largest absolute Gasteiger partial charge is 0.504 e. The average Bonchev–Trinajstić information content (AvgIpc) is 2.33. The quantitative estimate of drug-likeness (QED) is 0.694. The number of aromatic hydroxyl groups is 1. The standard InChI is InChI=1S/C11H15N3O3/c15-9-2-1-3-13-11(9)14-10(16)6-8-7-17-5-4-12-8/h1-3,8,12,15H,4-7H2,(H,13,14,16). The normalized spacial score (nSPS) is 19.9. The van der Waals surface area contributed by atoms with Crippen molar-refractivity contribution in [2.24, 2.45) is 0 Å². The molecule has 0 spiro atoms. The first kappa shape index (κ1) is 11.8. The van der Waals surface area contributed by atoms with Crippen LogP contribution < -0.4 is 10.6 Å². The third kappa shape index (κ3) is 3.40. The lowest BCUT2D eigenvalue weighted by Crippen LogP contribution is -2.43. The van der Waals surface area contributed by atoms with E-state index in [-0.39, 0.29) is 23.5 Å². The first-order chi connectivity index (χ1) is 8.25. The van der Waals surface area contributed by atoms with Crippen molar-refractivity contribution >= 4 is 11.7 Å². The molecule has 2 rings (SSSR count). The lowest BCUT2D eigenvalue weighted by atomic mass is 10.2. The number of hydrogen-bond acceptors (Lipinski definition) is 5. The van der Waals surface area contributed by atoms with Crippen LogP contribution in [0.15, 0.2) is 18.3 Å². The third-order valence-corrected chi connectivity index (χ3v) is 2.47. The summed E-state index contributed by atoms with van der Waals surface area (Å²) in [6, 6.07) is 3.10. The predicted molar refractivity (Wildman–Crippen MR) is 61.8 cm³/mol. The second kappa shape index (κ2) is 5.60. The molecule has 1 amide bonds. The summed E-state index contributed by atoms with van der Waals surface area (Å²) in [7, 11) is 0. The Morgan fingerprint density at radius 3 is 3.29 bits per heavy atom. The number of anilines is 1. The van der Waals surface area contributed by atoms with Crippen LogP contribution in [0.3, 0.4) is 0 Å². The maximum absolute atomic E-state index is 11.7. The van der Waals surface area contributed by atoms with Crippen LogP contribution in [0, 0.1) is 0 Å². The number of aromatic nitrogens is 1. The van der Waals surface area contributed by atoms with Crippen LogP contribution in [0.4, 0.5) is 5.82 Å². The Morgan fingerprint density at radius 1 is 1.71 bits per heavy atom. The highest BCUT2D eigenvalue weighted by Crippen LogP contribution is 2.18. The van der Waals surface area contributed by atoms with Gasteiger partial charge in [0.1, 0.15) is 0 Å². The fourth-order valence-corrected chi connectivity index (χ4v) is 1.65. The van der Waals surface area contributed by atoms with Crippen molar-refractivity contribution < 1.29 is 14.6 Å². The van der Waals surface area contributed by atoms with E-state index in [4.69, 9.17) is 4.74 Å². The van der Waals surface area contributed by atoms with Gasteiger partial charge in [-0.05, 0) is 12.1 Å². The Morgan fingerprint density at radius 2 is 2.59 bits per heavy atom. The molecule has 0 radical (unpaired) electrons. The molecule has 0 aliphatic carbocycles. The van der Waals surface area contributed by atoms with E-state index in [9.17, 15) is 9.90 Å². The van der Waals surface area contributed by atoms with E-state index in [2.05, 4.69) is 15.6 Å². The first-order valence-corrected chi connectivity index (χ1v) is 5.50. The molecule has 0 bridgehead atoms. The van der Waals surface area contributed by atoms with Crippen LogP contribution in [0.25, 0.3) is 0 Å². The van der Waals surface area contributed by atoms with Gasteiger partial charge in [-0.2, -0.15) is 0 Å². The minimum atomic E-state index is -0.193. The van der Waals surface area contributed by atoms with Crippen LogP contribution in [0.1, 0.15) is 6.42 Å². The summed E-state index contributed by atoms with van der Waals surface area (Å²) in [6.07, 6.45) is 1.81. The molecule has 0 aromatic carbocycles. The number of pyridine rings is 1. The number of nitrogens with zero attached hydrogens (tertiary/aromatic N) is 1. The van der Waals surface area contributed by atoms with Crippen molar-refractivity contribution in [3.8, 4) is 5.75 Å². The summed E-state index contributed by atoms with van der Waals surface area (Å²) >= 11 is 0. The van der Waals surface area contributed by atoms with E-state index in [1.54, 1.807) is 6.07 Å². The van der Waals surface area contributed by atoms with Gasteiger partial charge >= 0.3 is 0 Å². The zero-order valence-electron chi connectivity index (χ0n) is 9.35. The van der Waals surface area contributed by atoms with E-state index < -0.39 is 0 Å². The number of carbonyl (C=O) groups excluding carboxylic acids is 1. The highest BCUT2D eigenvalue weighted by molar-refractivity contribution is 5.91. The Hall–Kier alpha value is -1.66. The molecule has 1 aromatic heterocycles. The van der Waals surface area contributed by atoms with Crippen molar-refractivity contribution in [3.05, 3.63) is 18.3 Å². The Bertz CT molecular complexity index is 391. The van der Waals surface area contributed by atoms with Gasteiger partial charge in [0, 0.05) is 25.2 Å². The van der Waals surface area contributed by atoms with Gasteiger partial charge in [0.25, 0.3) is 0 Å². The van der Waals surface area contributed by atoms with Gasteiger partial charge < -0.3 is 20.5 Å². The molecule has 17 heavy (non-hydrogen) atoms. The monoisotopic (exact) mass is 237 g/mol. The van der Waals surface area contributed by atoms with Gasteiger partial charge in [-0.25, -0.2) is 4.98 Å². The number of carbonyl (C=O) groups is 1. The lowest BCUT2D eigenvalue weighted by molar-refractivity contribution is -0.117. The molecule has 0 saturated carbocycles. The smallest absolute Gasteiger partial charge is 0.227 e. The SMILES string of the molecule is O=C(CC1COCCN1)Nc1ncccc1O. The van der Waals surface area contributed by atoms with Crippen LogP contribution in [-0.2, 0) is 9.53 Å². The fourth-order valence-electron chi connectivity index (χ4n) is 1.65. The number of morpholine rings is 1. The van der Waals surface area contributed by atoms with E-state index in [1.165, 1.54) is 12.3 Å². The molecular formula is C11H15N3O3. The van der Waals surface area contributed by atoms with E-state index in [0.717, 1.165) is 6.54 Å². The molecule has 1 aliphatic rings. The summed E-state index contributed by atoms with van der Waals surface area (Å²) in [5.41, 5.74) is 0. The predicted octanol–water partition coefficient (Wildman–Crippen LogP) is 0.104. The summed E-state index contributed by atoms with van der Waals surface area (Å²) in [4.78, 5) is 15.6. The topological polar surface area (TPSA) is 83.5 Å². The third-order valence-electron chi connectivity index (χ3n) is 2.47. The number of amides is 1. The van der Waals surface area contributed by atoms with Gasteiger partial charge in [0.05, 0.1) is 13.2 Å². The van der Waals surface area contributed by atoms with Crippen molar-refractivity contribution in [1.82, 2.24) is 10.3 Å². The molecule has 1 aliphatic heterocycles. The van der Waals surface area contributed by atoms with Crippen molar-refractivity contribution in [2.45, 2.75) is 12.5 Å². The van der Waals surface area contributed by atoms with Gasteiger partial charge in [0.2, 0.25) is 5.91 Å². The van der Waals surface area contributed by atoms with Crippen molar-refractivity contribution in [3.63, 3.8) is 0 Å². The highest BCUT2D eigenvalue weighted by atomic mass is 16.5. The number of rotatable bonds is 3. The van der Waals surface area contributed by atoms with E-state index >= 15 is 0 Å². The first-order valence-electron chi connectivity index (χ1n) is 5.50. The molecule has 1 unspecified atom stereocenters. The maximum Gasteiger partial charge on any atom is 0.227 e. The molecular weight excluding hydrogens is 222 g/mol. The number of hydrogen-bond donors (Lipinski definition) is 3. The molecule has 1 atom stereocenters. The van der Waals surface area contributed by atoms with E-state index in [1.807, 2.05) is 0 Å². The molecule has 3 N–H and O–H groups in total. The second-order valence-electron chi connectivity index (χ2n) is 3.85. The molecule has 1 fully saturated rings. The molecule has 1 saturated heterocycles. The summed E-state index contributed by atoms with van der Waals surface area (Å²) in [5.74, 6) is -0.0371. The molecule has 2 heterocycles. The molecule has 1 aromatic rings. The van der Waals surface area contributed by atoms with Crippen molar-refractivity contribution in [2.75, 3.05) is 25.1 Å². The molecule has 6 heteroatoms. The summed E-state index contributed by atoms with van der Waals surface area (Å²) in [6.45, 7) is 1.97. The Balaban J connectivity index is 1.86. The maximum atomic E-state index is 11.7. The average molecular weight is 237 g/mol. The zero-order valence-corrected chi connectivity index (χ0v) is 9.35. The fraction of sp³-hybridized carbons (Fsp3) is 0.455. The van der Waals surface area contributed by atoms with Gasteiger partial charge in [-0.1, -0.05) is 0 Å². The summed E-state index contributed by atoms with van der Waals surface area (Å²) in [5, 5.41) is 15.2. The van der Waals surface area contributed by atoms with Crippen LogP contribution in [-0.4, -0.2) is 41.8 Å². The van der Waals surface area contributed by atoms with Gasteiger partial charge in [0.15, 0.2) is 11.6 Å². The van der Waals surface area contributed by atoms with E-state index in [0.29, 0.717) is 19.6 Å².